The Morgan fingerprint density at radius 1 is 1.28 bits per heavy atom. The van der Waals surface area contributed by atoms with Gasteiger partial charge in [0, 0.05) is 15.2 Å². The smallest absolute Gasteiger partial charge is 0.238 e. The van der Waals surface area contributed by atoms with Crippen molar-refractivity contribution in [1.82, 2.24) is 0 Å². The molecule has 0 N–H and O–H groups in total. The van der Waals surface area contributed by atoms with Gasteiger partial charge in [-0.2, -0.15) is 0 Å². The molecule has 0 bridgehead atoms. The number of rotatable bonds is 2. The summed E-state index contributed by atoms with van der Waals surface area (Å²) in [5, 5.41) is 2.86. The van der Waals surface area contributed by atoms with Crippen molar-refractivity contribution in [2.45, 2.75) is 6.92 Å². The van der Waals surface area contributed by atoms with Crippen molar-refractivity contribution in [3.63, 3.8) is 0 Å². The molecule has 0 unspecified atom stereocenters. The van der Waals surface area contributed by atoms with E-state index in [2.05, 4.69) is 15.9 Å². The second kappa shape index (κ2) is 4.37. The first-order valence-electron chi connectivity index (χ1n) is 5.42. The van der Waals surface area contributed by atoms with Crippen LogP contribution in [0.25, 0.3) is 11.0 Å². The first-order chi connectivity index (χ1) is 8.63. The second-order valence-electron chi connectivity index (χ2n) is 4.11. The SMILES string of the molecule is Cc1ccc2oc(C(=O)c3cc(Br)cs3)cc2c1. The Hall–Kier alpha value is -1.39. The van der Waals surface area contributed by atoms with Gasteiger partial charge >= 0.3 is 0 Å². The van der Waals surface area contributed by atoms with E-state index in [4.69, 9.17) is 4.42 Å². The molecule has 1 aromatic carbocycles. The van der Waals surface area contributed by atoms with Gasteiger partial charge in [0.2, 0.25) is 5.78 Å². The Morgan fingerprint density at radius 2 is 2.11 bits per heavy atom. The predicted molar refractivity (Wildman–Crippen MR) is 76.4 cm³/mol. The van der Waals surface area contributed by atoms with Gasteiger partial charge < -0.3 is 4.42 Å². The molecule has 0 aliphatic rings. The van der Waals surface area contributed by atoms with Crippen LogP contribution < -0.4 is 0 Å². The average Bonchev–Trinajstić information content (AvgIpc) is 2.93. The van der Waals surface area contributed by atoms with E-state index in [0.717, 1.165) is 21.0 Å². The monoisotopic (exact) mass is 320 g/mol. The van der Waals surface area contributed by atoms with Gasteiger partial charge in [-0.1, -0.05) is 11.6 Å². The Balaban J connectivity index is 2.06. The molecular formula is C14H9BrO2S. The fourth-order valence-corrected chi connectivity index (χ4v) is 3.20. The minimum atomic E-state index is -0.0699. The molecule has 0 saturated heterocycles. The number of carbonyl (C=O) groups excluding carboxylic acids is 1. The van der Waals surface area contributed by atoms with Crippen molar-refractivity contribution in [2.24, 2.45) is 0 Å². The Bertz CT molecular complexity index is 739. The molecule has 3 aromatic rings. The van der Waals surface area contributed by atoms with Crippen molar-refractivity contribution in [1.29, 1.82) is 0 Å². The summed E-state index contributed by atoms with van der Waals surface area (Å²) >= 11 is 4.75. The molecule has 0 saturated carbocycles. The summed E-state index contributed by atoms with van der Waals surface area (Å²) in [7, 11) is 0. The molecule has 2 aromatic heterocycles. The second-order valence-corrected chi connectivity index (χ2v) is 5.94. The number of thiophene rings is 1. The standard InChI is InChI=1S/C14H9BrO2S/c1-8-2-3-11-9(4-8)5-12(17-11)14(16)13-6-10(15)7-18-13/h2-7H,1H3. The molecule has 0 aliphatic heterocycles. The van der Waals surface area contributed by atoms with Crippen LogP contribution in [0.3, 0.4) is 0 Å². The van der Waals surface area contributed by atoms with E-state index in [-0.39, 0.29) is 5.78 Å². The highest BCUT2D eigenvalue weighted by Gasteiger charge is 2.16. The summed E-state index contributed by atoms with van der Waals surface area (Å²) < 4.78 is 6.51. The summed E-state index contributed by atoms with van der Waals surface area (Å²) in [6.07, 6.45) is 0. The van der Waals surface area contributed by atoms with Gasteiger partial charge in [0.05, 0.1) is 4.88 Å². The number of benzene rings is 1. The molecule has 3 rings (SSSR count). The van der Waals surface area contributed by atoms with Crippen LogP contribution in [0.15, 0.2) is 44.6 Å². The number of hydrogen-bond donors (Lipinski definition) is 0. The van der Waals surface area contributed by atoms with Gasteiger partial charge in [-0.25, -0.2) is 0 Å². The Labute approximate surface area is 116 Å². The molecule has 0 atom stereocenters. The molecule has 0 radical (unpaired) electrons. The first kappa shape index (κ1) is 11.7. The topological polar surface area (TPSA) is 30.2 Å². The lowest BCUT2D eigenvalue weighted by Gasteiger charge is -1.91. The van der Waals surface area contributed by atoms with Gasteiger partial charge in [-0.05, 0) is 47.1 Å². The summed E-state index contributed by atoms with van der Waals surface area (Å²) in [4.78, 5) is 12.9. The minimum absolute atomic E-state index is 0.0699. The highest BCUT2D eigenvalue weighted by atomic mass is 79.9. The first-order valence-corrected chi connectivity index (χ1v) is 7.10. The minimum Gasteiger partial charge on any atom is -0.453 e. The molecule has 0 aliphatic carbocycles. The summed E-state index contributed by atoms with van der Waals surface area (Å²) in [6.45, 7) is 2.02. The summed E-state index contributed by atoms with van der Waals surface area (Å²) in [6, 6.07) is 9.50. The molecular weight excluding hydrogens is 312 g/mol. The molecule has 0 amide bonds. The normalized spacial score (nSPS) is 11.0. The Morgan fingerprint density at radius 3 is 2.83 bits per heavy atom. The number of aryl methyl sites for hydroxylation is 1. The number of furan rings is 1. The maximum atomic E-state index is 12.2. The molecule has 4 heteroatoms. The number of hydrogen-bond acceptors (Lipinski definition) is 3. The van der Waals surface area contributed by atoms with Crippen LogP contribution in [0.5, 0.6) is 0 Å². The van der Waals surface area contributed by atoms with Gasteiger partial charge in [0.25, 0.3) is 0 Å². The average molecular weight is 321 g/mol. The zero-order chi connectivity index (χ0) is 12.7. The van der Waals surface area contributed by atoms with Gasteiger partial charge in [-0.15, -0.1) is 11.3 Å². The number of fused-ring (bicyclic) bond motifs is 1. The zero-order valence-corrected chi connectivity index (χ0v) is 12.0. The third kappa shape index (κ3) is 2.02. The summed E-state index contributed by atoms with van der Waals surface area (Å²) in [5.74, 6) is 0.324. The van der Waals surface area contributed by atoms with Crippen LogP contribution in [0, 0.1) is 6.92 Å². The van der Waals surface area contributed by atoms with Crippen LogP contribution in [0.4, 0.5) is 0 Å². The van der Waals surface area contributed by atoms with E-state index in [0.29, 0.717) is 10.6 Å². The number of carbonyl (C=O) groups is 1. The maximum Gasteiger partial charge on any atom is 0.238 e. The van der Waals surface area contributed by atoms with E-state index in [9.17, 15) is 4.79 Å². The lowest BCUT2D eigenvalue weighted by molar-refractivity contribution is 0.101. The fourth-order valence-electron chi connectivity index (χ4n) is 1.83. The lowest BCUT2D eigenvalue weighted by atomic mass is 10.1. The quantitative estimate of drug-likeness (QED) is 0.635. The van der Waals surface area contributed by atoms with E-state index < -0.39 is 0 Å². The third-order valence-corrected chi connectivity index (χ3v) is 4.38. The molecule has 18 heavy (non-hydrogen) atoms. The van der Waals surface area contributed by atoms with Gasteiger partial charge in [0.15, 0.2) is 5.76 Å². The fraction of sp³-hybridized carbons (Fsp3) is 0.0714. The zero-order valence-electron chi connectivity index (χ0n) is 9.57. The molecule has 2 heterocycles. The summed E-state index contributed by atoms with van der Waals surface area (Å²) in [5.41, 5.74) is 1.90. The van der Waals surface area contributed by atoms with Crippen LogP contribution in [0.1, 0.15) is 21.0 Å². The molecule has 0 fully saturated rings. The molecule has 90 valence electrons. The molecule has 0 spiro atoms. The number of ketones is 1. The maximum absolute atomic E-state index is 12.2. The third-order valence-electron chi connectivity index (χ3n) is 2.69. The van der Waals surface area contributed by atoms with Gasteiger partial charge in [-0.3, -0.25) is 4.79 Å². The van der Waals surface area contributed by atoms with Crippen LogP contribution >= 0.6 is 27.3 Å². The lowest BCUT2D eigenvalue weighted by Crippen LogP contribution is -1.95. The highest BCUT2D eigenvalue weighted by molar-refractivity contribution is 9.10. The molecule has 2 nitrogen and oxygen atoms in total. The highest BCUT2D eigenvalue weighted by Crippen LogP contribution is 2.26. The largest absolute Gasteiger partial charge is 0.453 e. The van der Waals surface area contributed by atoms with E-state index in [1.54, 1.807) is 6.07 Å². The van der Waals surface area contributed by atoms with Crippen molar-refractivity contribution in [3.05, 3.63) is 56.4 Å². The van der Waals surface area contributed by atoms with Crippen molar-refractivity contribution >= 4 is 44.0 Å². The number of halogens is 1. The van der Waals surface area contributed by atoms with E-state index in [1.807, 2.05) is 36.6 Å². The van der Waals surface area contributed by atoms with E-state index in [1.165, 1.54) is 11.3 Å². The van der Waals surface area contributed by atoms with Crippen molar-refractivity contribution < 1.29 is 9.21 Å². The Kier molecular flexibility index (Phi) is 2.84. The predicted octanol–water partition coefficient (Wildman–Crippen LogP) is 4.80. The van der Waals surface area contributed by atoms with Crippen LogP contribution in [-0.2, 0) is 0 Å². The van der Waals surface area contributed by atoms with Crippen molar-refractivity contribution in [2.75, 3.05) is 0 Å². The van der Waals surface area contributed by atoms with E-state index >= 15 is 0 Å². The van der Waals surface area contributed by atoms with Crippen LogP contribution in [-0.4, -0.2) is 5.78 Å². The van der Waals surface area contributed by atoms with Crippen LogP contribution in [0.2, 0.25) is 0 Å². The van der Waals surface area contributed by atoms with Gasteiger partial charge in [0.1, 0.15) is 5.58 Å². The van der Waals surface area contributed by atoms with Crippen molar-refractivity contribution in [3.8, 4) is 0 Å².